The summed E-state index contributed by atoms with van der Waals surface area (Å²) in [6.07, 6.45) is -0.247. The Bertz CT molecular complexity index is 452. The van der Waals surface area contributed by atoms with Gasteiger partial charge in [-0.05, 0) is 12.1 Å². The number of carbonyl (C=O) groups is 1. The quantitative estimate of drug-likeness (QED) is 0.800. The summed E-state index contributed by atoms with van der Waals surface area (Å²) >= 11 is 11.6. The van der Waals surface area contributed by atoms with Crippen LogP contribution in [0.1, 0.15) is 10.4 Å². The van der Waals surface area contributed by atoms with Gasteiger partial charge in [-0.15, -0.1) is 0 Å². The normalized spacial score (nSPS) is 22.8. The molecule has 2 heterocycles. The number of nitrogens with zero attached hydrogens (tertiary/aromatic N) is 2. The Hall–Kier alpha value is -0.880. The molecule has 0 N–H and O–H groups in total. The third kappa shape index (κ3) is 3.17. The van der Waals surface area contributed by atoms with Gasteiger partial charge in [-0.2, -0.15) is 0 Å². The number of likely N-dealkylation sites (tertiary alicyclic amines) is 1. The molecule has 1 aliphatic rings. The van der Waals surface area contributed by atoms with Crippen LogP contribution in [0, 0.1) is 0 Å². The molecule has 104 valence electrons. The van der Waals surface area contributed by atoms with Gasteiger partial charge in [-0.3, -0.25) is 4.79 Å². The zero-order chi connectivity index (χ0) is 14.0. The molecule has 0 aromatic carbocycles. The maximum absolute atomic E-state index is 12.3. The summed E-state index contributed by atoms with van der Waals surface area (Å²) in [5.74, 6) is -0.159. The number of methoxy groups -OCH3 is 2. The van der Waals surface area contributed by atoms with Crippen LogP contribution < -0.4 is 0 Å². The Kier molecular flexibility index (Phi) is 4.62. The smallest absolute Gasteiger partial charge is 0.254 e. The zero-order valence-corrected chi connectivity index (χ0v) is 12.1. The molecular weight excluding hydrogens is 291 g/mol. The van der Waals surface area contributed by atoms with Crippen molar-refractivity contribution in [2.45, 2.75) is 12.2 Å². The number of halogens is 2. The van der Waals surface area contributed by atoms with Crippen LogP contribution in [0.15, 0.2) is 12.1 Å². The van der Waals surface area contributed by atoms with Crippen molar-refractivity contribution >= 4 is 29.1 Å². The standard InChI is InChI=1S/C12H14Cl2N2O3/c1-18-8-5-16(6-9(8)19-2)12(17)7-3-10(13)15-11(14)4-7/h3-4,8-9H,5-6H2,1-2H3. The topological polar surface area (TPSA) is 51.7 Å². The predicted molar refractivity (Wildman–Crippen MR) is 71.8 cm³/mol. The Morgan fingerprint density at radius 1 is 1.21 bits per heavy atom. The number of hydrogen-bond acceptors (Lipinski definition) is 4. The number of rotatable bonds is 3. The lowest BCUT2D eigenvalue weighted by molar-refractivity contribution is -0.00461. The lowest BCUT2D eigenvalue weighted by Crippen LogP contribution is -2.30. The van der Waals surface area contributed by atoms with Crippen LogP contribution in [0.2, 0.25) is 10.3 Å². The molecule has 1 saturated heterocycles. The summed E-state index contributed by atoms with van der Waals surface area (Å²) in [5.41, 5.74) is 0.414. The fraction of sp³-hybridized carbons (Fsp3) is 0.500. The van der Waals surface area contributed by atoms with Crippen LogP contribution in [0.3, 0.4) is 0 Å². The Morgan fingerprint density at radius 2 is 1.68 bits per heavy atom. The Balaban J connectivity index is 2.16. The van der Waals surface area contributed by atoms with Crippen LogP contribution >= 0.6 is 23.2 Å². The second-order valence-corrected chi connectivity index (χ2v) is 5.03. The highest BCUT2D eigenvalue weighted by atomic mass is 35.5. The van der Waals surface area contributed by atoms with E-state index in [1.807, 2.05) is 0 Å². The van der Waals surface area contributed by atoms with E-state index in [1.165, 1.54) is 12.1 Å². The van der Waals surface area contributed by atoms with E-state index in [9.17, 15) is 4.79 Å². The molecule has 7 heteroatoms. The summed E-state index contributed by atoms with van der Waals surface area (Å²) in [6.45, 7) is 0.955. The van der Waals surface area contributed by atoms with Gasteiger partial charge in [0.25, 0.3) is 5.91 Å². The van der Waals surface area contributed by atoms with Crippen molar-refractivity contribution in [2.75, 3.05) is 27.3 Å². The number of aromatic nitrogens is 1. The summed E-state index contributed by atoms with van der Waals surface area (Å²) in [5, 5.41) is 0.392. The van der Waals surface area contributed by atoms with E-state index in [0.29, 0.717) is 18.7 Å². The van der Waals surface area contributed by atoms with Gasteiger partial charge in [0.15, 0.2) is 0 Å². The van der Waals surface area contributed by atoms with Gasteiger partial charge in [0, 0.05) is 32.9 Å². The predicted octanol–water partition coefficient (Wildman–Crippen LogP) is 1.87. The van der Waals surface area contributed by atoms with Crippen molar-refractivity contribution in [3.8, 4) is 0 Å². The molecule has 0 saturated carbocycles. The molecule has 2 unspecified atom stereocenters. The van der Waals surface area contributed by atoms with Crippen molar-refractivity contribution in [3.63, 3.8) is 0 Å². The summed E-state index contributed by atoms with van der Waals surface area (Å²) in [7, 11) is 3.20. The molecule has 2 atom stereocenters. The largest absolute Gasteiger partial charge is 0.377 e. The number of amides is 1. The Morgan fingerprint density at radius 3 is 2.11 bits per heavy atom. The molecule has 1 aromatic heterocycles. The molecule has 0 spiro atoms. The SMILES string of the molecule is COC1CN(C(=O)c2cc(Cl)nc(Cl)c2)CC1OC. The highest BCUT2D eigenvalue weighted by molar-refractivity contribution is 6.33. The van der Waals surface area contributed by atoms with E-state index in [0.717, 1.165) is 0 Å². The minimum Gasteiger partial charge on any atom is -0.377 e. The van der Waals surface area contributed by atoms with E-state index >= 15 is 0 Å². The van der Waals surface area contributed by atoms with E-state index in [2.05, 4.69) is 4.98 Å². The van der Waals surface area contributed by atoms with Crippen molar-refractivity contribution in [2.24, 2.45) is 0 Å². The summed E-state index contributed by atoms with van der Waals surface area (Å²) in [6, 6.07) is 3.00. The van der Waals surface area contributed by atoms with Crippen molar-refractivity contribution in [1.82, 2.24) is 9.88 Å². The highest BCUT2D eigenvalue weighted by Crippen LogP contribution is 2.21. The minimum atomic E-state index is -0.159. The van der Waals surface area contributed by atoms with E-state index in [-0.39, 0.29) is 28.4 Å². The summed E-state index contributed by atoms with van der Waals surface area (Å²) < 4.78 is 10.6. The Labute approximate surface area is 121 Å². The van der Waals surface area contributed by atoms with Gasteiger partial charge < -0.3 is 14.4 Å². The zero-order valence-electron chi connectivity index (χ0n) is 10.6. The lowest BCUT2D eigenvalue weighted by atomic mass is 10.2. The average Bonchev–Trinajstić information content (AvgIpc) is 2.79. The van der Waals surface area contributed by atoms with Gasteiger partial charge in [-0.1, -0.05) is 23.2 Å². The number of carbonyl (C=O) groups excluding carboxylic acids is 1. The molecule has 1 aromatic rings. The monoisotopic (exact) mass is 304 g/mol. The van der Waals surface area contributed by atoms with Crippen LogP contribution in [-0.2, 0) is 9.47 Å². The van der Waals surface area contributed by atoms with Gasteiger partial charge in [-0.25, -0.2) is 4.98 Å². The van der Waals surface area contributed by atoms with E-state index in [4.69, 9.17) is 32.7 Å². The fourth-order valence-corrected chi connectivity index (χ4v) is 2.59. The maximum Gasteiger partial charge on any atom is 0.254 e. The van der Waals surface area contributed by atoms with Gasteiger partial charge in [0.1, 0.15) is 22.5 Å². The molecule has 1 fully saturated rings. The van der Waals surface area contributed by atoms with Gasteiger partial charge >= 0.3 is 0 Å². The molecule has 0 bridgehead atoms. The molecule has 1 amide bonds. The minimum absolute atomic E-state index is 0.123. The first kappa shape index (κ1) is 14.5. The molecule has 0 radical (unpaired) electrons. The van der Waals surface area contributed by atoms with Crippen molar-refractivity contribution < 1.29 is 14.3 Å². The van der Waals surface area contributed by atoms with Crippen molar-refractivity contribution in [1.29, 1.82) is 0 Å². The second-order valence-electron chi connectivity index (χ2n) is 4.26. The van der Waals surface area contributed by atoms with Crippen LogP contribution in [0.5, 0.6) is 0 Å². The molecule has 19 heavy (non-hydrogen) atoms. The average molecular weight is 305 g/mol. The van der Waals surface area contributed by atoms with Crippen LogP contribution in [0.25, 0.3) is 0 Å². The van der Waals surface area contributed by atoms with Gasteiger partial charge in [0.05, 0.1) is 0 Å². The van der Waals surface area contributed by atoms with Crippen LogP contribution in [0.4, 0.5) is 0 Å². The third-order valence-corrected chi connectivity index (χ3v) is 3.51. The first-order valence-electron chi connectivity index (χ1n) is 5.73. The molecule has 0 aliphatic carbocycles. The molecule has 1 aliphatic heterocycles. The van der Waals surface area contributed by atoms with E-state index < -0.39 is 0 Å². The fourth-order valence-electron chi connectivity index (χ4n) is 2.13. The maximum atomic E-state index is 12.3. The molecule has 5 nitrogen and oxygen atoms in total. The summed E-state index contributed by atoms with van der Waals surface area (Å²) in [4.78, 5) is 17.8. The third-order valence-electron chi connectivity index (χ3n) is 3.12. The van der Waals surface area contributed by atoms with Crippen molar-refractivity contribution in [3.05, 3.63) is 28.0 Å². The second kappa shape index (κ2) is 6.05. The number of pyridine rings is 1. The molecule has 2 rings (SSSR count). The first-order valence-corrected chi connectivity index (χ1v) is 6.48. The lowest BCUT2D eigenvalue weighted by Gasteiger charge is -2.15. The number of ether oxygens (including phenoxy) is 2. The molecular formula is C12H14Cl2N2O3. The highest BCUT2D eigenvalue weighted by Gasteiger charge is 2.35. The van der Waals surface area contributed by atoms with E-state index in [1.54, 1.807) is 19.1 Å². The van der Waals surface area contributed by atoms with Crippen LogP contribution in [-0.4, -0.2) is 55.3 Å². The van der Waals surface area contributed by atoms with Gasteiger partial charge in [0.2, 0.25) is 0 Å². The first-order chi connectivity index (χ1) is 9.05. The number of hydrogen-bond donors (Lipinski definition) is 0.